The fourth-order valence-electron chi connectivity index (χ4n) is 2.89. The average Bonchev–Trinajstić information content (AvgIpc) is 3.26. The number of nitrogens with one attached hydrogen (secondary N) is 1. The summed E-state index contributed by atoms with van der Waals surface area (Å²) in [6, 6.07) is 14.7. The van der Waals surface area contributed by atoms with Crippen molar-refractivity contribution in [1.29, 1.82) is 0 Å². The van der Waals surface area contributed by atoms with Crippen molar-refractivity contribution in [3.05, 3.63) is 76.3 Å². The second kappa shape index (κ2) is 8.00. The van der Waals surface area contributed by atoms with E-state index in [1.54, 1.807) is 24.3 Å². The summed E-state index contributed by atoms with van der Waals surface area (Å²) >= 11 is 5.94. The lowest BCUT2D eigenvalue weighted by Crippen LogP contribution is -2.15. The minimum Gasteiger partial charge on any atom is -0.441 e. The van der Waals surface area contributed by atoms with Gasteiger partial charge < -0.3 is 15.5 Å². The van der Waals surface area contributed by atoms with Gasteiger partial charge in [-0.1, -0.05) is 40.6 Å². The third kappa shape index (κ3) is 4.04. The molecule has 0 fully saturated rings. The molecule has 0 bridgehead atoms. The first-order chi connectivity index (χ1) is 14.4. The minimum absolute atomic E-state index is 0.0230. The van der Waals surface area contributed by atoms with Crippen LogP contribution < -0.4 is 11.1 Å². The van der Waals surface area contributed by atoms with E-state index < -0.39 is 5.91 Å². The molecule has 4 rings (SSSR count). The first-order valence-electron chi connectivity index (χ1n) is 9.20. The van der Waals surface area contributed by atoms with Gasteiger partial charge >= 0.3 is 0 Å². The summed E-state index contributed by atoms with van der Waals surface area (Å²) < 4.78 is 7.21. The van der Waals surface area contributed by atoms with Crippen LogP contribution in [-0.2, 0) is 6.54 Å². The standard InChI is InChI=1S/C21H19ClN6O2/c1-12-6-8-14(9-7-12)21-25-17(13(2)30-21)11-28-19(23)18(26-27-28)20(29)24-16-5-3-4-15(22)10-16/h3-10H,11,23H2,1-2H3,(H,24,29). The molecule has 0 radical (unpaired) electrons. The van der Waals surface area contributed by atoms with Crippen LogP contribution in [0.5, 0.6) is 0 Å². The highest BCUT2D eigenvalue weighted by atomic mass is 35.5. The molecule has 0 saturated heterocycles. The molecule has 0 unspecified atom stereocenters. The number of amides is 1. The Hall–Kier alpha value is -3.65. The number of halogens is 1. The van der Waals surface area contributed by atoms with Crippen molar-refractivity contribution in [2.45, 2.75) is 20.4 Å². The summed E-state index contributed by atoms with van der Waals surface area (Å²) in [7, 11) is 0. The molecule has 30 heavy (non-hydrogen) atoms. The Kier molecular flexibility index (Phi) is 5.24. The molecule has 0 aliphatic rings. The SMILES string of the molecule is Cc1ccc(-c2nc(Cn3nnc(C(=O)Nc4cccc(Cl)c4)c3N)c(C)o2)cc1. The van der Waals surface area contributed by atoms with Crippen molar-refractivity contribution in [2.75, 3.05) is 11.1 Å². The number of rotatable bonds is 5. The number of aryl methyl sites for hydroxylation is 2. The zero-order valence-corrected chi connectivity index (χ0v) is 17.1. The van der Waals surface area contributed by atoms with Gasteiger partial charge in [-0.25, -0.2) is 9.67 Å². The summed E-state index contributed by atoms with van der Waals surface area (Å²) in [5, 5.41) is 11.1. The van der Waals surface area contributed by atoms with Gasteiger partial charge in [-0.2, -0.15) is 0 Å². The van der Waals surface area contributed by atoms with Crippen LogP contribution in [0.2, 0.25) is 5.02 Å². The Morgan fingerprint density at radius 3 is 2.70 bits per heavy atom. The van der Waals surface area contributed by atoms with Gasteiger partial charge in [0, 0.05) is 16.3 Å². The Morgan fingerprint density at radius 1 is 1.20 bits per heavy atom. The van der Waals surface area contributed by atoms with Crippen LogP contribution in [0.25, 0.3) is 11.5 Å². The van der Waals surface area contributed by atoms with Crippen LogP contribution in [0.1, 0.15) is 27.5 Å². The maximum atomic E-state index is 12.5. The van der Waals surface area contributed by atoms with Crippen LogP contribution in [-0.4, -0.2) is 25.9 Å². The van der Waals surface area contributed by atoms with E-state index in [4.69, 9.17) is 21.8 Å². The normalized spacial score (nSPS) is 10.9. The lowest BCUT2D eigenvalue weighted by molar-refractivity contribution is 0.102. The van der Waals surface area contributed by atoms with Crippen molar-refractivity contribution in [3.8, 4) is 11.5 Å². The van der Waals surface area contributed by atoms with E-state index in [-0.39, 0.29) is 18.1 Å². The molecule has 0 aliphatic heterocycles. The van der Waals surface area contributed by atoms with Gasteiger partial charge in [0.1, 0.15) is 11.5 Å². The van der Waals surface area contributed by atoms with E-state index in [9.17, 15) is 4.79 Å². The fraction of sp³-hybridized carbons (Fsp3) is 0.143. The molecule has 0 aliphatic carbocycles. The number of aromatic nitrogens is 4. The van der Waals surface area contributed by atoms with Gasteiger partial charge in [0.05, 0.1) is 6.54 Å². The predicted molar refractivity (Wildman–Crippen MR) is 114 cm³/mol. The van der Waals surface area contributed by atoms with Crippen LogP contribution >= 0.6 is 11.6 Å². The third-order valence-electron chi connectivity index (χ3n) is 4.56. The van der Waals surface area contributed by atoms with Crippen LogP contribution in [0.3, 0.4) is 0 Å². The Morgan fingerprint density at radius 2 is 1.97 bits per heavy atom. The smallest absolute Gasteiger partial charge is 0.280 e. The number of carbonyl (C=O) groups is 1. The molecular formula is C21H19ClN6O2. The highest BCUT2D eigenvalue weighted by Gasteiger charge is 2.20. The van der Waals surface area contributed by atoms with Crippen LogP contribution in [0.4, 0.5) is 11.5 Å². The molecule has 4 aromatic rings. The Balaban J connectivity index is 1.53. The van der Waals surface area contributed by atoms with Crippen LogP contribution in [0.15, 0.2) is 52.9 Å². The second-order valence-electron chi connectivity index (χ2n) is 6.83. The lowest BCUT2D eigenvalue weighted by atomic mass is 10.1. The maximum Gasteiger partial charge on any atom is 0.280 e. The molecule has 3 N–H and O–H groups in total. The van der Waals surface area contributed by atoms with E-state index in [1.807, 2.05) is 38.1 Å². The number of oxazole rings is 1. The molecule has 152 valence electrons. The highest BCUT2D eigenvalue weighted by Crippen LogP contribution is 2.23. The number of anilines is 2. The van der Waals surface area contributed by atoms with E-state index in [2.05, 4.69) is 20.6 Å². The van der Waals surface area contributed by atoms with Crippen molar-refractivity contribution in [2.24, 2.45) is 0 Å². The molecular weight excluding hydrogens is 404 g/mol. The first-order valence-corrected chi connectivity index (χ1v) is 9.57. The molecule has 2 aromatic carbocycles. The molecule has 2 heterocycles. The van der Waals surface area contributed by atoms with Crippen molar-refractivity contribution in [1.82, 2.24) is 20.0 Å². The molecule has 2 aromatic heterocycles. The van der Waals surface area contributed by atoms with Gasteiger partial charge in [-0.05, 0) is 44.2 Å². The highest BCUT2D eigenvalue weighted by molar-refractivity contribution is 6.31. The molecule has 8 nitrogen and oxygen atoms in total. The summed E-state index contributed by atoms with van der Waals surface area (Å²) in [5.41, 5.74) is 9.36. The maximum absolute atomic E-state index is 12.5. The van der Waals surface area contributed by atoms with E-state index in [0.29, 0.717) is 28.1 Å². The fourth-order valence-corrected chi connectivity index (χ4v) is 3.08. The monoisotopic (exact) mass is 422 g/mol. The van der Waals surface area contributed by atoms with Crippen molar-refractivity contribution < 1.29 is 9.21 Å². The van der Waals surface area contributed by atoms with Crippen molar-refractivity contribution in [3.63, 3.8) is 0 Å². The number of hydrogen-bond acceptors (Lipinski definition) is 6. The quantitative estimate of drug-likeness (QED) is 0.501. The summed E-state index contributed by atoms with van der Waals surface area (Å²) in [6.45, 7) is 4.06. The molecule has 1 amide bonds. The summed E-state index contributed by atoms with van der Waals surface area (Å²) in [5.74, 6) is 0.817. The zero-order chi connectivity index (χ0) is 21.3. The van der Waals surface area contributed by atoms with Crippen LogP contribution in [0, 0.1) is 13.8 Å². The summed E-state index contributed by atoms with van der Waals surface area (Å²) in [6.07, 6.45) is 0. The second-order valence-corrected chi connectivity index (χ2v) is 7.27. The number of hydrogen-bond donors (Lipinski definition) is 2. The lowest BCUT2D eigenvalue weighted by Gasteiger charge is -2.04. The molecule has 9 heteroatoms. The Bertz CT molecular complexity index is 1210. The van der Waals surface area contributed by atoms with E-state index in [1.165, 1.54) is 4.68 Å². The van der Waals surface area contributed by atoms with Gasteiger partial charge in [0.25, 0.3) is 5.91 Å². The number of carbonyl (C=O) groups excluding carboxylic acids is 1. The van der Waals surface area contributed by atoms with Gasteiger partial charge in [0.2, 0.25) is 5.89 Å². The molecule has 0 atom stereocenters. The predicted octanol–water partition coefficient (Wildman–Crippen LogP) is 4.09. The van der Waals surface area contributed by atoms with Gasteiger partial charge in [-0.3, -0.25) is 4.79 Å². The largest absolute Gasteiger partial charge is 0.441 e. The van der Waals surface area contributed by atoms with Gasteiger partial charge in [0.15, 0.2) is 11.5 Å². The van der Waals surface area contributed by atoms with Crippen molar-refractivity contribution >= 4 is 29.0 Å². The number of nitrogens with zero attached hydrogens (tertiary/aromatic N) is 4. The minimum atomic E-state index is -0.474. The first kappa shape index (κ1) is 19.7. The average molecular weight is 423 g/mol. The zero-order valence-electron chi connectivity index (χ0n) is 16.4. The number of nitrogen functional groups attached to an aromatic ring is 1. The van der Waals surface area contributed by atoms with E-state index >= 15 is 0 Å². The number of benzene rings is 2. The van der Waals surface area contributed by atoms with E-state index in [0.717, 1.165) is 11.1 Å². The molecule has 0 saturated carbocycles. The summed E-state index contributed by atoms with van der Waals surface area (Å²) in [4.78, 5) is 17.1. The third-order valence-corrected chi connectivity index (χ3v) is 4.80. The topological polar surface area (TPSA) is 112 Å². The van der Waals surface area contributed by atoms with Gasteiger partial charge in [-0.15, -0.1) is 5.10 Å². The Labute approximate surface area is 177 Å². The number of nitrogens with two attached hydrogens (primary N) is 1. The molecule has 0 spiro atoms.